The Morgan fingerprint density at radius 3 is 0.824 bits per heavy atom. The van der Waals surface area contributed by atoms with E-state index in [1.807, 2.05) is 24.3 Å². The Bertz CT molecular complexity index is 1640. The molecule has 0 aromatic heterocycles. The van der Waals surface area contributed by atoms with E-state index >= 15 is 0 Å². The van der Waals surface area contributed by atoms with Crippen LogP contribution in [0.3, 0.4) is 0 Å². The van der Waals surface area contributed by atoms with E-state index in [9.17, 15) is 14.4 Å². The van der Waals surface area contributed by atoms with Crippen LogP contribution in [0.4, 0.5) is 0 Å². The fourth-order valence-electron chi connectivity index (χ4n) is 7.73. The molecule has 0 unspecified atom stereocenters. The summed E-state index contributed by atoms with van der Waals surface area (Å²) in [4.78, 5) is 38.2. The molecule has 0 fully saturated rings. The molecule has 0 saturated heterocycles. The normalized spacial score (nSPS) is 13.2. The van der Waals surface area contributed by atoms with Crippen molar-refractivity contribution in [3.05, 3.63) is 146 Å². The third-order valence-electron chi connectivity index (χ3n) is 12.1. The molecule has 0 aliphatic carbocycles. The lowest BCUT2D eigenvalue weighted by Gasteiger charge is -2.18. The molecule has 0 radical (unpaired) electrons. The van der Waals surface area contributed by atoms with E-state index in [0.717, 1.165) is 96.3 Å². The van der Waals surface area contributed by atoms with Crippen LogP contribution in [0.15, 0.2) is 146 Å². The highest BCUT2D eigenvalue weighted by Crippen LogP contribution is 2.15. The smallest absolute Gasteiger partial charge is 0.306 e. The fourth-order valence-corrected chi connectivity index (χ4v) is 7.73. The third kappa shape index (κ3) is 58.2. The van der Waals surface area contributed by atoms with Gasteiger partial charge < -0.3 is 14.2 Å². The third-order valence-corrected chi connectivity index (χ3v) is 12.1. The second-order valence-corrected chi connectivity index (χ2v) is 19.1. The van der Waals surface area contributed by atoms with Gasteiger partial charge in [0.25, 0.3) is 0 Å². The largest absolute Gasteiger partial charge is 0.462 e. The van der Waals surface area contributed by atoms with Crippen LogP contribution in [-0.2, 0) is 28.6 Å². The number of carbonyl (C=O) groups excluding carboxylic acids is 3. The van der Waals surface area contributed by atoms with E-state index in [4.69, 9.17) is 14.2 Å². The van der Waals surface area contributed by atoms with Crippen LogP contribution in [0.25, 0.3) is 0 Å². The number of hydrogen-bond acceptors (Lipinski definition) is 6. The van der Waals surface area contributed by atoms with Gasteiger partial charge in [0.2, 0.25) is 0 Å². The van der Waals surface area contributed by atoms with E-state index < -0.39 is 12.1 Å². The summed E-state index contributed by atoms with van der Waals surface area (Å²) >= 11 is 0. The predicted octanol–water partition coefficient (Wildman–Crippen LogP) is 20.4. The van der Waals surface area contributed by atoms with E-state index in [1.165, 1.54) is 96.3 Å². The molecular weight excluding hydrogens is 913 g/mol. The zero-order valence-corrected chi connectivity index (χ0v) is 47.5. The first-order valence-corrected chi connectivity index (χ1v) is 29.8. The molecule has 416 valence electrons. The molecule has 0 N–H and O–H groups in total. The maximum atomic E-state index is 12.8. The summed E-state index contributed by atoms with van der Waals surface area (Å²) in [6.45, 7) is 6.29. The number of ether oxygens (including phenoxy) is 3. The van der Waals surface area contributed by atoms with Gasteiger partial charge in [-0.2, -0.15) is 0 Å². The summed E-state index contributed by atoms with van der Waals surface area (Å²) in [5.41, 5.74) is 0. The van der Waals surface area contributed by atoms with Gasteiger partial charge in [-0.3, -0.25) is 14.4 Å². The van der Waals surface area contributed by atoms with Crippen LogP contribution in [0.1, 0.15) is 245 Å². The lowest BCUT2D eigenvalue weighted by Crippen LogP contribution is -2.30. The average Bonchev–Trinajstić information content (AvgIpc) is 3.40. The van der Waals surface area contributed by atoms with Gasteiger partial charge >= 0.3 is 17.9 Å². The van der Waals surface area contributed by atoms with Crippen LogP contribution in [0.2, 0.25) is 0 Å². The van der Waals surface area contributed by atoms with Crippen molar-refractivity contribution in [2.24, 2.45) is 0 Å². The number of carbonyl (C=O) groups is 3. The average molecular weight is 1020 g/mol. The molecule has 0 rings (SSSR count). The molecule has 0 heterocycles. The summed E-state index contributed by atoms with van der Waals surface area (Å²) in [7, 11) is 0. The van der Waals surface area contributed by atoms with Crippen molar-refractivity contribution in [3.8, 4) is 0 Å². The van der Waals surface area contributed by atoms with E-state index in [-0.39, 0.29) is 38.0 Å². The van der Waals surface area contributed by atoms with Crippen molar-refractivity contribution in [1.29, 1.82) is 0 Å². The predicted molar refractivity (Wildman–Crippen MR) is 320 cm³/mol. The lowest BCUT2D eigenvalue weighted by molar-refractivity contribution is -0.166. The molecule has 6 heteroatoms. The molecule has 74 heavy (non-hydrogen) atoms. The molecule has 0 aliphatic heterocycles. The van der Waals surface area contributed by atoms with Crippen molar-refractivity contribution < 1.29 is 28.6 Å². The molecule has 0 aromatic carbocycles. The molecule has 6 nitrogen and oxygen atoms in total. The zero-order valence-electron chi connectivity index (χ0n) is 47.5. The molecule has 0 bridgehead atoms. The molecular formula is C68H108O6. The van der Waals surface area contributed by atoms with Gasteiger partial charge in [-0.25, -0.2) is 0 Å². The minimum atomic E-state index is -0.855. The summed E-state index contributed by atoms with van der Waals surface area (Å²) in [6, 6.07) is 0. The molecule has 0 amide bonds. The number of allylic oxidation sites excluding steroid dienone is 24. The van der Waals surface area contributed by atoms with Crippen LogP contribution in [-0.4, -0.2) is 37.2 Å². The standard InChI is InChI=1S/C68H108O6/c1-4-7-10-13-16-19-22-25-28-31-34-37-40-43-46-49-52-55-58-61-67(70)73-64-65(63-72-66(69)60-57-54-51-48-45-42-39-36-33-30-27-24-21-18-15-12-9-6-3)74-68(71)62-59-56-53-50-47-44-41-38-35-32-29-26-23-20-17-14-11-8-5-2/h7-8,10-11,16-17,19-20,25-26,28-29,34-35,37-38,43-44,46-47,52-53,55-56,65H,4-6,9,12-15,18,21-24,27,30-33,36,39-42,45,48-51,54,57-64H2,1-3H3/b10-7-,11-8-,19-16-,20-17-,28-25-,29-26-,37-34-,38-35-,46-43-,47-44-,55-52-,56-53-/t65-/m1/s1. The Morgan fingerprint density at radius 1 is 0.284 bits per heavy atom. The number of hydrogen-bond donors (Lipinski definition) is 0. The Balaban J connectivity index is 4.61. The summed E-state index contributed by atoms with van der Waals surface area (Å²) < 4.78 is 16.7. The van der Waals surface area contributed by atoms with Crippen LogP contribution >= 0.6 is 0 Å². The van der Waals surface area contributed by atoms with Gasteiger partial charge in [0.05, 0.1) is 0 Å². The highest BCUT2D eigenvalue weighted by atomic mass is 16.6. The quantitative estimate of drug-likeness (QED) is 0.0261. The van der Waals surface area contributed by atoms with E-state index in [0.29, 0.717) is 19.3 Å². The van der Waals surface area contributed by atoms with Gasteiger partial charge in [0, 0.05) is 19.3 Å². The monoisotopic (exact) mass is 1020 g/mol. The molecule has 1 atom stereocenters. The summed E-state index contributed by atoms with van der Waals surface area (Å²) in [5, 5.41) is 0. The first-order chi connectivity index (χ1) is 36.5. The number of rotatable bonds is 52. The van der Waals surface area contributed by atoms with Crippen molar-refractivity contribution >= 4 is 17.9 Å². The highest BCUT2D eigenvalue weighted by molar-refractivity contribution is 5.71. The van der Waals surface area contributed by atoms with E-state index in [2.05, 4.69) is 142 Å². The second kappa shape index (κ2) is 60.8. The minimum Gasteiger partial charge on any atom is -0.462 e. The van der Waals surface area contributed by atoms with Gasteiger partial charge in [-0.15, -0.1) is 0 Å². The van der Waals surface area contributed by atoms with Crippen molar-refractivity contribution in [1.82, 2.24) is 0 Å². The molecule has 0 saturated carbocycles. The Labute approximate surface area is 455 Å². The highest BCUT2D eigenvalue weighted by Gasteiger charge is 2.19. The van der Waals surface area contributed by atoms with E-state index in [1.54, 1.807) is 0 Å². The second-order valence-electron chi connectivity index (χ2n) is 19.1. The summed E-state index contributed by atoms with van der Waals surface area (Å²) in [6.07, 6.45) is 87.2. The topological polar surface area (TPSA) is 78.9 Å². The number of unbranched alkanes of at least 4 members (excludes halogenated alkanes) is 17. The minimum absolute atomic E-state index is 0.135. The molecule has 0 aliphatic rings. The van der Waals surface area contributed by atoms with Gasteiger partial charge in [-0.05, 0) is 96.3 Å². The first kappa shape index (κ1) is 69.3. The zero-order chi connectivity index (χ0) is 53.6. The molecule has 0 spiro atoms. The Morgan fingerprint density at radius 2 is 0.527 bits per heavy atom. The maximum absolute atomic E-state index is 12.8. The van der Waals surface area contributed by atoms with Crippen LogP contribution < -0.4 is 0 Å². The van der Waals surface area contributed by atoms with Crippen molar-refractivity contribution in [2.45, 2.75) is 252 Å². The summed E-state index contributed by atoms with van der Waals surface area (Å²) in [5.74, 6) is -1.11. The van der Waals surface area contributed by atoms with Gasteiger partial charge in [-0.1, -0.05) is 276 Å². The SMILES string of the molecule is CC/C=C\C/C=C\C/C=C\C/C=C\C/C=C\C/C=C\CCC(=O)OC[C@@H](COC(=O)CCCCCCCCCCCCCCCCCCCC)OC(=O)CC/C=C\C/C=C\C/C=C\C/C=C\C/C=C\C/C=C\CC. The van der Waals surface area contributed by atoms with Crippen molar-refractivity contribution in [2.75, 3.05) is 13.2 Å². The number of esters is 3. The Hall–Kier alpha value is -4.71. The fraction of sp³-hybridized carbons (Fsp3) is 0.603. The maximum Gasteiger partial charge on any atom is 0.306 e. The van der Waals surface area contributed by atoms with Gasteiger partial charge in [0.1, 0.15) is 13.2 Å². The lowest BCUT2D eigenvalue weighted by atomic mass is 10.0. The van der Waals surface area contributed by atoms with Crippen molar-refractivity contribution in [3.63, 3.8) is 0 Å². The molecule has 0 aromatic rings. The Kier molecular flexibility index (Phi) is 57.0. The van der Waals surface area contributed by atoms with Crippen LogP contribution in [0, 0.1) is 0 Å². The van der Waals surface area contributed by atoms with Gasteiger partial charge in [0.15, 0.2) is 6.10 Å². The van der Waals surface area contributed by atoms with Crippen LogP contribution in [0.5, 0.6) is 0 Å². The first-order valence-electron chi connectivity index (χ1n) is 29.8.